The average molecular weight is 527 g/mol. The molecule has 1 amide bonds. The van der Waals surface area contributed by atoms with Crippen molar-refractivity contribution in [1.29, 1.82) is 0 Å². The number of carboxylic acids is 1. The van der Waals surface area contributed by atoms with E-state index in [1.807, 2.05) is 17.7 Å². The minimum atomic E-state index is -5.08. The number of hydrogen-bond acceptors (Lipinski definition) is 5. The van der Waals surface area contributed by atoms with Crippen molar-refractivity contribution in [2.24, 2.45) is 11.3 Å². The first-order valence-corrected chi connectivity index (χ1v) is 13.2. The molecule has 36 heavy (non-hydrogen) atoms. The number of aliphatic carboxylic acids is 1. The Morgan fingerprint density at radius 1 is 1.33 bits per heavy atom. The van der Waals surface area contributed by atoms with Crippen LogP contribution in [0.4, 0.5) is 13.2 Å². The molecule has 2 aliphatic heterocycles. The van der Waals surface area contributed by atoms with Gasteiger partial charge in [-0.05, 0) is 63.0 Å². The molecule has 198 valence electrons. The van der Waals surface area contributed by atoms with E-state index in [0.717, 1.165) is 50.8 Å². The number of amides is 1. The van der Waals surface area contributed by atoms with E-state index in [1.165, 1.54) is 23.3 Å². The Hall–Kier alpha value is -2.40. The van der Waals surface area contributed by atoms with Crippen LogP contribution in [0.3, 0.4) is 0 Å². The van der Waals surface area contributed by atoms with Gasteiger partial charge in [0.15, 0.2) is 0 Å². The van der Waals surface area contributed by atoms with Crippen LogP contribution in [-0.2, 0) is 16.1 Å². The van der Waals surface area contributed by atoms with Gasteiger partial charge in [0.1, 0.15) is 0 Å². The molecule has 2 atom stereocenters. The van der Waals surface area contributed by atoms with Crippen LogP contribution in [0.1, 0.15) is 61.2 Å². The molecule has 5 rings (SSSR count). The van der Waals surface area contributed by atoms with Gasteiger partial charge in [-0.2, -0.15) is 13.2 Å². The molecule has 0 bridgehead atoms. The van der Waals surface area contributed by atoms with Crippen LogP contribution in [0.5, 0.6) is 0 Å². The fraction of sp³-hybridized carbons (Fsp3) is 0.640. The second-order valence-electron chi connectivity index (χ2n) is 10.5. The third kappa shape index (κ3) is 5.61. The van der Waals surface area contributed by atoms with E-state index in [4.69, 9.17) is 14.9 Å². The Balaban J connectivity index is 0.000000384. The van der Waals surface area contributed by atoms with Crippen LogP contribution in [-0.4, -0.2) is 68.7 Å². The maximum atomic E-state index is 13.7. The number of hydrogen-bond donors (Lipinski definition) is 1. The van der Waals surface area contributed by atoms with Crippen molar-refractivity contribution in [3.05, 3.63) is 40.1 Å². The van der Waals surface area contributed by atoms with Gasteiger partial charge in [-0.1, -0.05) is 0 Å². The summed E-state index contributed by atoms with van der Waals surface area (Å²) in [6, 6.07) is 2.59. The SMILES string of the molecule is Cc1ccsc1CN1CC(c2cn(C(C)C)cn2)C2(CCN(CC3CC3)C2=O)C1.O=C(O)C(F)(F)F. The topological polar surface area (TPSA) is 78.7 Å². The van der Waals surface area contributed by atoms with Gasteiger partial charge >= 0.3 is 12.1 Å². The van der Waals surface area contributed by atoms with Gasteiger partial charge in [0.25, 0.3) is 0 Å². The van der Waals surface area contributed by atoms with Gasteiger partial charge < -0.3 is 14.6 Å². The molecule has 4 heterocycles. The smallest absolute Gasteiger partial charge is 0.475 e. The molecule has 1 N–H and O–H groups in total. The Morgan fingerprint density at radius 2 is 2.03 bits per heavy atom. The highest BCUT2D eigenvalue weighted by Gasteiger charge is 2.58. The zero-order valence-electron chi connectivity index (χ0n) is 20.8. The summed E-state index contributed by atoms with van der Waals surface area (Å²) < 4.78 is 33.9. The van der Waals surface area contributed by atoms with Crippen LogP contribution in [0.25, 0.3) is 0 Å². The number of halogens is 3. The molecule has 2 aromatic heterocycles. The fourth-order valence-corrected chi connectivity index (χ4v) is 6.15. The van der Waals surface area contributed by atoms with Gasteiger partial charge in [0.2, 0.25) is 5.91 Å². The van der Waals surface area contributed by atoms with Crippen LogP contribution in [0.2, 0.25) is 0 Å². The predicted molar refractivity (Wildman–Crippen MR) is 130 cm³/mol. The lowest BCUT2D eigenvalue weighted by molar-refractivity contribution is -0.192. The lowest BCUT2D eigenvalue weighted by Crippen LogP contribution is -2.40. The summed E-state index contributed by atoms with van der Waals surface area (Å²) in [6.07, 6.45) is 2.61. The number of aryl methyl sites for hydroxylation is 1. The zero-order chi connectivity index (χ0) is 26.3. The van der Waals surface area contributed by atoms with Crippen molar-refractivity contribution in [2.45, 2.75) is 64.7 Å². The molecule has 2 aromatic rings. The molecule has 1 saturated carbocycles. The highest BCUT2D eigenvalue weighted by Crippen LogP contribution is 2.50. The summed E-state index contributed by atoms with van der Waals surface area (Å²) in [5, 5.41) is 9.30. The summed E-state index contributed by atoms with van der Waals surface area (Å²) in [7, 11) is 0. The first-order chi connectivity index (χ1) is 16.9. The summed E-state index contributed by atoms with van der Waals surface area (Å²) in [5.41, 5.74) is 2.17. The largest absolute Gasteiger partial charge is 0.490 e. The van der Waals surface area contributed by atoms with Crippen molar-refractivity contribution in [2.75, 3.05) is 26.2 Å². The van der Waals surface area contributed by atoms with Gasteiger partial charge in [0, 0.05) is 55.8 Å². The Morgan fingerprint density at radius 3 is 2.56 bits per heavy atom. The number of carbonyl (C=O) groups is 2. The number of nitrogens with zero attached hydrogens (tertiary/aromatic N) is 4. The van der Waals surface area contributed by atoms with Crippen molar-refractivity contribution in [3.8, 4) is 0 Å². The molecular weight excluding hydrogens is 493 g/mol. The highest BCUT2D eigenvalue weighted by molar-refractivity contribution is 7.10. The van der Waals surface area contributed by atoms with E-state index in [0.29, 0.717) is 11.9 Å². The molecule has 3 aliphatic rings. The van der Waals surface area contributed by atoms with Crippen LogP contribution in [0, 0.1) is 18.3 Å². The minimum Gasteiger partial charge on any atom is -0.475 e. The number of carboxylic acid groups (broad SMARTS) is 1. The molecule has 0 aromatic carbocycles. The molecule has 11 heteroatoms. The number of aromatic nitrogens is 2. The first kappa shape index (κ1) is 26.7. The van der Waals surface area contributed by atoms with Crippen LogP contribution >= 0.6 is 11.3 Å². The van der Waals surface area contributed by atoms with Gasteiger partial charge in [-0.25, -0.2) is 9.78 Å². The summed E-state index contributed by atoms with van der Waals surface area (Å²) in [6.45, 7) is 11.2. The summed E-state index contributed by atoms with van der Waals surface area (Å²) in [4.78, 5) is 33.5. The van der Waals surface area contributed by atoms with E-state index in [9.17, 15) is 18.0 Å². The van der Waals surface area contributed by atoms with E-state index < -0.39 is 12.1 Å². The first-order valence-electron chi connectivity index (χ1n) is 12.3. The quantitative estimate of drug-likeness (QED) is 0.591. The second kappa shape index (κ2) is 10.2. The summed E-state index contributed by atoms with van der Waals surface area (Å²) in [5.74, 6) is -1.43. The molecule has 2 saturated heterocycles. The lowest BCUT2D eigenvalue weighted by atomic mass is 9.75. The van der Waals surface area contributed by atoms with Crippen molar-refractivity contribution >= 4 is 23.2 Å². The van der Waals surface area contributed by atoms with E-state index in [1.54, 1.807) is 0 Å². The monoisotopic (exact) mass is 526 g/mol. The molecular formula is C25H33F3N4O3S. The Bertz CT molecular complexity index is 1090. The molecule has 7 nitrogen and oxygen atoms in total. The van der Waals surface area contributed by atoms with Gasteiger partial charge in [-0.15, -0.1) is 11.3 Å². The average Bonchev–Trinajstić information content (AvgIpc) is 3.12. The van der Waals surface area contributed by atoms with Crippen molar-refractivity contribution in [1.82, 2.24) is 19.4 Å². The van der Waals surface area contributed by atoms with Crippen molar-refractivity contribution in [3.63, 3.8) is 0 Å². The Kier molecular flexibility index (Phi) is 7.52. The number of alkyl halides is 3. The van der Waals surface area contributed by atoms with E-state index in [2.05, 4.69) is 52.8 Å². The fourth-order valence-electron chi connectivity index (χ4n) is 5.20. The molecule has 1 spiro atoms. The van der Waals surface area contributed by atoms with Crippen molar-refractivity contribution < 1.29 is 27.9 Å². The predicted octanol–water partition coefficient (Wildman–Crippen LogP) is 4.70. The number of carbonyl (C=O) groups excluding carboxylic acids is 1. The number of rotatable bonds is 6. The number of thiophene rings is 1. The molecule has 3 fully saturated rings. The van der Waals surface area contributed by atoms with E-state index >= 15 is 0 Å². The molecule has 0 radical (unpaired) electrons. The standard InChI is InChI=1S/C23H32N4OS.C2HF3O2/c1-16(2)27-12-20(24-15-27)19-11-25(13-21-17(3)6-9-29-21)14-23(19)7-8-26(22(23)28)10-18-4-5-18;3-2(4,5)1(6)7/h6,9,12,15-16,18-19H,4-5,7-8,10-11,13-14H2,1-3H3;(H,6,7). The number of imidazole rings is 1. The summed E-state index contributed by atoms with van der Waals surface area (Å²) >= 11 is 1.83. The van der Waals surface area contributed by atoms with Crippen LogP contribution < -0.4 is 0 Å². The van der Waals surface area contributed by atoms with Crippen LogP contribution in [0.15, 0.2) is 24.0 Å². The van der Waals surface area contributed by atoms with E-state index in [-0.39, 0.29) is 11.3 Å². The number of likely N-dealkylation sites (tertiary alicyclic amines) is 2. The zero-order valence-corrected chi connectivity index (χ0v) is 21.6. The lowest BCUT2D eigenvalue weighted by Gasteiger charge is -2.28. The van der Waals surface area contributed by atoms with Gasteiger partial charge in [0.05, 0.1) is 17.4 Å². The maximum absolute atomic E-state index is 13.7. The second-order valence-corrected chi connectivity index (χ2v) is 11.5. The minimum absolute atomic E-state index is 0.194. The Labute approximate surface area is 212 Å². The maximum Gasteiger partial charge on any atom is 0.490 e. The molecule has 1 aliphatic carbocycles. The van der Waals surface area contributed by atoms with Gasteiger partial charge in [-0.3, -0.25) is 9.69 Å². The third-order valence-electron chi connectivity index (χ3n) is 7.48. The normalized spacial score (nSPS) is 24.6. The third-order valence-corrected chi connectivity index (χ3v) is 8.49. The molecule has 2 unspecified atom stereocenters. The highest BCUT2D eigenvalue weighted by atomic mass is 32.1.